The molecule has 0 spiro atoms. The van der Waals surface area contributed by atoms with Gasteiger partial charge in [0, 0.05) is 13.0 Å². The van der Waals surface area contributed by atoms with Crippen molar-refractivity contribution in [1.29, 1.82) is 0 Å². The topological polar surface area (TPSA) is 54.5 Å². The number of rotatable bonds is 2. The van der Waals surface area contributed by atoms with E-state index in [1.807, 2.05) is 0 Å². The van der Waals surface area contributed by atoms with Gasteiger partial charge in [0.05, 0.1) is 5.69 Å². The number of hydrogen-bond acceptors (Lipinski definition) is 3. The second-order valence-corrected chi connectivity index (χ2v) is 5.72. The van der Waals surface area contributed by atoms with Crippen LogP contribution in [0.25, 0.3) is 0 Å². The van der Waals surface area contributed by atoms with E-state index in [1.165, 1.54) is 0 Å². The van der Waals surface area contributed by atoms with Crippen LogP contribution < -0.4 is 4.90 Å². The van der Waals surface area contributed by atoms with Gasteiger partial charge in [0.1, 0.15) is 3.57 Å². The maximum Gasteiger partial charge on any atom is 0.342 e. The second kappa shape index (κ2) is 4.26. The maximum absolute atomic E-state index is 11.5. The van der Waals surface area contributed by atoms with Gasteiger partial charge in [0.2, 0.25) is 5.91 Å². The van der Waals surface area contributed by atoms with E-state index in [1.54, 1.807) is 29.2 Å². The number of anilines is 1. The maximum atomic E-state index is 11.5. The SMILES string of the molecule is O=C1CCCN1c1ccccc1I(=O)=O. The number of nitrogens with zero attached hydrogens (tertiary/aromatic N) is 1. The standard InChI is InChI=1S/C10H10INO3/c13-10-6-3-7-12(10)9-5-2-1-4-8(9)11(14)15/h1-2,4-5H,3,6-7H2. The lowest BCUT2D eigenvalue weighted by atomic mass is 10.3. The Morgan fingerprint density at radius 1 is 1.20 bits per heavy atom. The van der Waals surface area contributed by atoms with E-state index in [9.17, 15) is 10.9 Å². The smallest absolute Gasteiger partial charge is 0.311 e. The number of halogens is 1. The van der Waals surface area contributed by atoms with E-state index in [-0.39, 0.29) is 5.91 Å². The Bertz CT molecular complexity index is 459. The highest BCUT2D eigenvalue weighted by atomic mass is 127. The normalized spacial score (nSPS) is 16.3. The first-order valence-corrected chi connectivity index (χ1v) is 7.49. The lowest BCUT2D eigenvalue weighted by molar-refractivity contribution is -0.117. The number of para-hydroxylation sites is 1. The van der Waals surface area contributed by atoms with Crippen LogP contribution in [0.5, 0.6) is 0 Å². The molecule has 2 rings (SSSR count). The Labute approximate surface area is 94.4 Å². The zero-order valence-electron chi connectivity index (χ0n) is 7.98. The van der Waals surface area contributed by atoms with Crippen molar-refractivity contribution < 1.29 is 10.9 Å². The summed E-state index contributed by atoms with van der Waals surface area (Å²) in [6.07, 6.45) is 1.32. The highest BCUT2D eigenvalue weighted by Crippen LogP contribution is 2.31. The first-order valence-electron chi connectivity index (χ1n) is 4.65. The molecular formula is C10H10INO3. The van der Waals surface area contributed by atoms with E-state index in [2.05, 4.69) is 0 Å². The highest BCUT2D eigenvalue weighted by molar-refractivity contribution is 14.2. The summed E-state index contributed by atoms with van der Waals surface area (Å²) in [5.74, 6) is 0.0140. The first kappa shape index (κ1) is 10.5. The van der Waals surface area contributed by atoms with Gasteiger partial charge in [-0.25, -0.2) is 6.14 Å². The molecule has 5 heteroatoms. The Morgan fingerprint density at radius 2 is 1.93 bits per heavy atom. The zero-order chi connectivity index (χ0) is 10.8. The predicted molar refractivity (Wildman–Crippen MR) is 62.1 cm³/mol. The molecule has 1 aromatic carbocycles. The van der Waals surface area contributed by atoms with E-state index in [0.29, 0.717) is 22.2 Å². The number of amides is 1. The van der Waals surface area contributed by atoms with Gasteiger partial charge in [0.25, 0.3) is 0 Å². The third-order valence-corrected chi connectivity index (χ3v) is 4.24. The molecule has 0 atom stereocenters. The minimum atomic E-state index is -3.51. The van der Waals surface area contributed by atoms with E-state index in [4.69, 9.17) is 0 Å². The lowest BCUT2D eigenvalue weighted by Crippen LogP contribution is -2.24. The molecule has 1 aromatic rings. The van der Waals surface area contributed by atoms with Crippen molar-refractivity contribution >= 4 is 31.4 Å². The minimum absolute atomic E-state index is 0.0140. The van der Waals surface area contributed by atoms with Crippen molar-refractivity contribution in [3.63, 3.8) is 0 Å². The fourth-order valence-corrected chi connectivity index (χ4v) is 3.13. The molecule has 4 nitrogen and oxygen atoms in total. The quantitative estimate of drug-likeness (QED) is 0.785. The van der Waals surface area contributed by atoms with Crippen molar-refractivity contribution in [2.45, 2.75) is 12.8 Å². The average Bonchev–Trinajstić information content (AvgIpc) is 2.64. The van der Waals surface area contributed by atoms with Gasteiger partial charge in [-0.15, -0.1) is 0 Å². The number of carbonyl (C=O) groups is 1. The monoisotopic (exact) mass is 319 g/mol. The molecular weight excluding hydrogens is 309 g/mol. The molecule has 1 aliphatic heterocycles. The molecule has 1 aliphatic rings. The van der Waals surface area contributed by atoms with Crippen LogP contribution >= 0.6 is 19.8 Å². The van der Waals surface area contributed by atoms with Crippen molar-refractivity contribution in [2.75, 3.05) is 11.4 Å². The van der Waals surface area contributed by atoms with Crippen LogP contribution in [0.2, 0.25) is 0 Å². The van der Waals surface area contributed by atoms with Gasteiger partial charge in [-0.05, 0) is 18.6 Å². The Kier molecular flexibility index (Phi) is 2.99. The van der Waals surface area contributed by atoms with Gasteiger partial charge < -0.3 is 4.90 Å². The van der Waals surface area contributed by atoms with Crippen LogP contribution in [0.15, 0.2) is 24.3 Å². The van der Waals surface area contributed by atoms with Crippen LogP contribution in [0.3, 0.4) is 0 Å². The second-order valence-electron chi connectivity index (χ2n) is 3.32. The average molecular weight is 319 g/mol. The van der Waals surface area contributed by atoms with Crippen LogP contribution in [0.4, 0.5) is 5.69 Å². The van der Waals surface area contributed by atoms with Gasteiger partial charge in [-0.2, -0.15) is 0 Å². The molecule has 1 fully saturated rings. The fourth-order valence-electron chi connectivity index (χ4n) is 1.70. The summed E-state index contributed by atoms with van der Waals surface area (Å²) in [6.45, 7) is 0.625. The molecule has 0 bridgehead atoms. The number of hydrogen-bond donors (Lipinski definition) is 0. The van der Waals surface area contributed by atoms with Crippen LogP contribution in [-0.2, 0) is 10.9 Å². The predicted octanol–water partition coefficient (Wildman–Crippen LogP) is 2.18. The molecule has 0 unspecified atom stereocenters. The van der Waals surface area contributed by atoms with Gasteiger partial charge in [-0.1, -0.05) is 12.1 Å². The summed E-state index contributed by atoms with van der Waals surface area (Å²) in [7, 11) is 0. The molecule has 1 heterocycles. The summed E-state index contributed by atoms with van der Waals surface area (Å²) in [5, 5.41) is 0. The third-order valence-electron chi connectivity index (χ3n) is 2.38. The van der Waals surface area contributed by atoms with Crippen LogP contribution in [0, 0.1) is 3.57 Å². The van der Waals surface area contributed by atoms with Crippen LogP contribution in [-0.4, -0.2) is 12.5 Å². The molecule has 0 aliphatic carbocycles. The van der Waals surface area contributed by atoms with Crippen LogP contribution in [0.1, 0.15) is 12.8 Å². The fraction of sp³-hybridized carbons (Fsp3) is 0.300. The van der Waals surface area contributed by atoms with Crippen molar-refractivity contribution in [3.8, 4) is 0 Å². The molecule has 15 heavy (non-hydrogen) atoms. The zero-order valence-corrected chi connectivity index (χ0v) is 10.1. The molecule has 0 radical (unpaired) electrons. The van der Waals surface area contributed by atoms with Crippen molar-refractivity contribution in [1.82, 2.24) is 0 Å². The molecule has 1 saturated heterocycles. The summed E-state index contributed by atoms with van der Waals surface area (Å²) in [5.41, 5.74) is 0.551. The number of benzene rings is 1. The van der Waals surface area contributed by atoms with Crippen molar-refractivity contribution in [2.24, 2.45) is 0 Å². The molecule has 0 saturated carbocycles. The molecule has 0 N–H and O–H groups in total. The number of carbonyl (C=O) groups excluding carboxylic acids is 1. The van der Waals surface area contributed by atoms with Gasteiger partial charge >= 0.3 is 19.8 Å². The van der Waals surface area contributed by atoms with E-state index in [0.717, 1.165) is 6.42 Å². The third kappa shape index (κ3) is 2.01. The van der Waals surface area contributed by atoms with E-state index >= 15 is 0 Å². The first-order chi connectivity index (χ1) is 7.20. The Hall–Kier alpha value is -0.980. The van der Waals surface area contributed by atoms with Gasteiger partial charge in [-0.3, -0.25) is 4.79 Å². The molecule has 0 aromatic heterocycles. The Balaban J connectivity index is 2.47. The summed E-state index contributed by atoms with van der Waals surface area (Å²) in [6, 6.07) is 6.69. The Morgan fingerprint density at radius 3 is 2.53 bits per heavy atom. The highest BCUT2D eigenvalue weighted by Gasteiger charge is 2.24. The van der Waals surface area contributed by atoms with E-state index < -0.39 is 19.8 Å². The molecule has 1 amide bonds. The molecule has 80 valence electrons. The van der Waals surface area contributed by atoms with Crippen molar-refractivity contribution in [3.05, 3.63) is 27.8 Å². The minimum Gasteiger partial charge on any atom is -0.311 e. The largest absolute Gasteiger partial charge is 0.342 e. The summed E-state index contributed by atoms with van der Waals surface area (Å²) in [4.78, 5) is 13.1. The lowest BCUT2D eigenvalue weighted by Gasteiger charge is -2.16. The van der Waals surface area contributed by atoms with Gasteiger partial charge in [0.15, 0.2) is 0 Å². The summed E-state index contributed by atoms with van der Waals surface area (Å²) >= 11 is -3.51. The summed E-state index contributed by atoms with van der Waals surface area (Å²) < 4.78 is 22.5.